The van der Waals surface area contributed by atoms with Gasteiger partial charge in [-0.2, -0.15) is 0 Å². The molecule has 3 N–H and O–H groups in total. The van der Waals surface area contributed by atoms with Gasteiger partial charge in [0.1, 0.15) is 0 Å². The molecule has 1 unspecified atom stereocenters. The molecule has 0 spiro atoms. The molecule has 1 aromatic rings. The molecule has 1 saturated carbocycles. The van der Waals surface area contributed by atoms with E-state index in [1.54, 1.807) is 6.07 Å². The summed E-state index contributed by atoms with van der Waals surface area (Å²) < 4.78 is 0. The highest BCUT2D eigenvalue weighted by atomic mass is 16.1. The van der Waals surface area contributed by atoms with E-state index in [4.69, 9.17) is 5.73 Å². The van der Waals surface area contributed by atoms with Crippen LogP contribution in [0, 0.1) is 12.3 Å². The van der Waals surface area contributed by atoms with Crippen molar-refractivity contribution in [2.24, 2.45) is 11.1 Å². The van der Waals surface area contributed by atoms with Crippen LogP contribution in [0.5, 0.6) is 0 Å². The van der Waals surface area contributed by atoms with E-state index in [0.29, 0.717) is 17.0 Å². The maximum absolute atomic E-state index is 11.4. The molecule has 0 bridgehead atoms. The van der Waals surface area contributed by atoms with Crippen LogP contribution in [-0.4, -0.2) is 11.9 Å². The first-order valence-corrected chi connectivity index (χ1v) is 7.05. The number of hydrogen-bond donors (Lipinski definition) is 2. The zero-order valence-corrected chi connectivity index (χ0v) is 12.1. The smallest absolute Gasteiger partial charge is 0.249 e. The van der Waals surface area contributed by atoms with Gasteiger partial charge in [0.15, 0.2) is 0 Å². The predicted octanol–water partition coefficient (Wildman–Crippen LogP) is 3.47. The lowest BCUT2D eigenvalue weighted by Crippen LogP contribution is -2.32. The Kier molecular flexibility index (Phi) is 3.83. The Balaban J connectivity index is 2.15. The molecule has 0 heterocycles. The van der Waals surface area contributed by atoms with Crippen LogP contribution in [0.1, 0.15) is 55.5 Å². The largest absolute Gasteiger partial charge is 0.382 e. The normalized spacial score (nSPS) is 21.9. The Morgan fingerprint density at radius 2 is 2.16 bits per heavy atom. The third-order valence-electron chi connectivity index (χ3n) is 4.16. The second kappa shape index (κ2) is 5.24. The van der Waals surface area contributed by atoms with Crippen molar-refractivity contribution in [3.63, 3.8) is 0 Å². The second-order valence-corrected chi connectivity index (χ2v) is 6.44. The summed E-state index contributed by atoms with van der Waals surface area (Å²) in [5.74, 6) is -0.356. The maximum atomic E-state index is 11.4. The molecule has 104 valence electrons. The van der Waals surface area contributed by atoms with Gasteiger partial charge >= 0.3 is 0 Å². The second-order valence-electron chi connectivity index (χ2n) is 6.44. The van der Waals surface area contributed by atoms with Gasteiger partial charge in [0.2, 0.25) is 5.91 Å². The highest BCUT2D eigenvalue weighted by molar-refractivity contribution is 5.95. The monoisotopic (exact) mass is 260 g/mol. The third-order valence-corrected chi connectivity index (χ3v) is 4.16. The molecule has 1 aliphatic rings. The Morgan fingerprint density at radius 1 is 1.42 bits per heavy atom. The lowest BCUT2D eigenvalue weighted by Gasteiger charge is -2.36. The van der Waals surface area contributed by atoms with Crippen LogP contribution in [0.3, 0.4) is 0 Å². The molecule has 1 fully saturated rings. The average molecular weight is 260 g/mol. The predicted molar refractivity (Wildman–Crippen MR) is 79.4 cm³/mol. The number of benzene rings is 1. The minimum atomic E-state index is -0.356. The van der Waals surface area contributed by atoms with Gasteiger partial charge in [0, 0.05) is 17.3 Å². The molecule has 2 rings (SSSR count). The Labute approximate surface area is 115 Å². The zero-order chi connectivity index (χ0) is 14.0. The quantitative estimate of drug-likeness (QED) is 0.874. The van der Waals surface area contributed by atoms with Crippen LogP contribution in [0.25, 0.3) is 0 Å². The number of hydrogen-bond acceptors (Lipinski definition) is 2. The van der Waals surface area contributed by atoms with Gasteiger partial charge in [0.05, 0.1) is 0 Å². The first-order valence-electron chi connectivity index (χ1n) is 7.05. The maximum Gasteiger partial charge on any atom is 0.249 e. The first-order chi connectivity index (χ1) is 8.89. The van der Waals surface area contributed by atoms with Crippen molar-refractivity contribution < 1.29 is 4.79 Å². The van der Waals surface area contributed by atoms with Crippen molar-refractivity contribution in [1.82, 2.24) is 0 Å². The molecular formula is C16H24N2O. The van der Waals surface area contributed by atoms with Gasteiger partial charge in [-0.1, -0.05) is 26.3 Å². The summed E-state index contributed by atoms with van der Waals surface area (Å²) in [5, 5.41) is 3.59. The minimum absolute atomic E-state index is 0.356. The molecular weight excluding hydrogens is 236 g/mol. The van der Waals surface area contributed by atoms with E-state index in [0.717, 1.165) is 11.3 Å². The molecule has 3 heteroatoms. The van der Waals surface area contributed by atoms with Gasteiger partial charge in [-0.15, -0.1) is 0 Å². The van der Waals surface area contributed by atoms with Gasteiger partial charge in [0.25, 0.3) is 0 Å². The zero-order valence-electron chi connectivity index (χ0n) is 12.1. The lowest BCUT2D eigenvalue weighted by molar-refractivity contribution is 0.0999. The number of anilines is 1. The van der Waals surface area contributed by atoms with E-state index in [9.17, 15) is 4.79 Å². The Bertz CT molecular complexity index is 480. The van der Waals surface area contributed by atoms with Crippen molar-refractivity contribution in [2.75, 3.05) is 5.32 Å². The molecule has 3 nitrogen and oxygen atoms in total. The van der Waals surface area contributed by atoms with E-state index in [2.05, 4.69) is 19.2 Å². The van der Waals surface area contributed by atoms with Crippen LogP contribution in [0.4, 0.5) is 5.69 Å². The molecule has 1 aromatic carbocycles. The van der Waals surface area contributed by atoms with Crippen LogP contribution in [0.15, 0.2) is 18.2 Å². The van der Waals surface area contributed by atoms with Gasteiger partial charge in [-0.25, -0.2) is 0 Å². The fourth-order valence-electron chi connectivity index (χ4n) is 3.10. The highest BCUT2D eigenvalue weighted by Gasteiger charge is 2.28. The topological polar surface area (TPSA) is 55.1 Å². The van der Waals surface area contributed by atoms with E-state index in [-0.39, 0.29) is 5.91 Å². The van der Waals surface area contributed by atoms with Crippen molar-refractivity contribution >= 4 is 11.6 Å². The van der Waals surface area contributed by atoms with Crippen LogP contribution in [0.2, 0.25) is 0 Å². The summed E-state index contributed by atoms with van der Waals surface area (Å²) in [6.45, 7) is 6.61. The summed E-state index contributed by atoms with van der Waals surface area (Å²) in [6, 6.07) is 6.20. The van der Waals surface area contributed by atoms with Crippen molar-refractivity contribution in [2.45, 2.75) is 52.5 Å². The van der Waals surface area contributed by atoms with Crippen LogP contribution in [-0.2, 0) is 0 Å². The molecule has 19 heavy (non-hydrogen) atoms. The fraction of sp³-hybridized carbons (Fsp3) is 0.562. The summed E-state index contributed by atoms with van der Waals surface area (Å²) in [4.78, 5) is 11.4. The lowest BCUT2D eigenvalue weighted by atomic mass is 9.75. The average Bonchev–Trinajstić information content (AvgIpc) is 2.30. The van der Waals surface area contributed by atoms with Gasteiger partial charge in [-0.3, -0.25) is 4.79 Å². The van der Waals surface area contributed by atoms with E-state index in [1.165, 1.54) is 25.7 Å². The Hall–Kier alpha value is -1.51. The molecule has 0 saturated heterocycles. The van der Waals surface area contributed by atoms with Gasteiger partial charge < -0.3 is 11.1 Å². The molecule has 1 atom stereocenters. The molecule has 0 aromatic heterocycles. The summed E-state index contributed by atoms with van der Waals surface area (Å²) in [6.07, 6.45) is 4.93. The number of nitrogens with two attached hydrogens (primary N) is 1. The highest BCUT2D eigenvalue weighted by Crippen LogP contribution is 2.36. The fourth-order valence-corrected chi connectivity index (χ4v) is 3.10. The third kappa shape index (κ3) is 3.28. The van der Waals surface area contributed by atoms with E-state index < -0.39 is 0 Å². The van der Waals surface area contributed by atoms with E-state index in [1.807, 2.05) is 19.1 Å². The number of primary amides is 1. The summed E-state index contributed by atoms with van der Waals surface area (Å²) in [7, 11) is 0. The number of carbonyl (C=O) groups is 1. The minimum Gasteiger partial charge on any atom is -0.382 e. The number of amides is 1. The van der Waals surface area contributed by atoms with E-state index >= 15 is 0 Å². The number of carbonyl (C=O) groups excluding carboxylic acids is 1. The van der Waals surface area contributed by atoms with Gasteiger partial charge in [-0.05, 0) is 49.3 Å². The Morgan fingerprint density at radius 3 is 2.79 bits per heavy atom. The molecule has 1 aliphatic carbocycles. The molecule has 0 radical (unpaired) electrons. The van der Waals surface area contributed by atoms with Crippen LogP contribution >= 0.6 is 0 Å². The van der Waals surface area contributed by atoms with Crippen molar-refractivity contribution in [3.05, 3.63) is 29.3 Å². The first kappa shape index (κ1) is 13.9. The SMILES string of the molecule is Cc1c(NC2CCCC(C)(C)C2)cccc1C(N)=O. The standard InChI is InChI=1S/C16H24N2O/c1-11-13(15(17)19)7-4-8-14(11)18-12-6-5-9-16(2,3)10-12/h4,7-8,12,18H,5-6,9-10H2,1-3H3,(H2,17,19). The number of nitrogens with one attached hydrogen (secondary N) is 1. The molecule has 0 aliphatic heterocycles. The van der Waals surface area contributed by atoms with Crippen LogP contribution < -0.4 is 11.1 Å². The molecule has 1 amide bonds. The van der Waals surface area contributed by atoms with Crippen molar-refractivity contribution in [3.8, 4) is 0 Å². The summed E-state index contributed by atoms with van der Waals surface area (Å²) in [5.41, 5.74) is 8.41. The summed E-state index contributed by atoms with van der Waals surface area (Å²) >= 11 is 0. The van der Waals surface area contributed by atoms with Crippen molar-refractivity contribution in [1.29, 1.82) is 0 Å². The number of rotatable bonds is 3.